The van der Waals surface area contributed by atoms with E-state index in [1.165, 1.54) is 25.3 Å². The van der Waals surface area contributed by atoms with Crippen LogP contribution in [0.2, 0.25) is 0 Å². The number of nitrogens with zero attached hydrogens (tertiary/aromatic N) is 1. The second-order valence-electron chi connectivity index (χ2n) is 4.45. The second kappa shape index (κ2) is 6.42. The lowest BCUT2D eigenvalue weighted by Gasteiger charge is -2.08. The van der Waals surface area contributed by atoms with Gasteiger partial charge < -0.3 is 9.84 Å². The van der Waals surface area contributed by atoms with Crippen LogP contribution in [0.1, 0.15) is 17.3 Å². The Morgan fingerprint density at radius 2 is 2.00 bits per heavy atom. The molecular weight excluding hydrogens is 328 g/mol. The molecule has 1 heterocycles. The largest absolute Gasteiger partial charge is 0.465 e. The van der Waals surface area contributed by atoms with E-state index >= 15 is 0 Å². The minimum atomic E-state index is -3.34. The van der Waals surface area contributed by atoms with Crippen molar-refractivity contribution in [2.75, 3.05) is 11.6 Å². The smallest absolute Gasteiger partial charge is 0.257 e. The summed E-state index contributed by atoms with van der Waals surface area (Å²) in [6.45, 7) is 1.47. The van der Waals surface area contributed by atoms with Crippen molar-refractivity contribution in [1.29, 1.82) is 0 Å². The predicted molar refractivity (Wildman–Crippen MR) is 81.9 cm³/mol. The number of hydrogen-bond donors (Lipinski definition) is 2. The number of aromatic nitrogens is 1. The van der Waals surface area contributed by atoms with E-state index in [2.05, 4.69) is 10.3 Å². The number of thiazole rings is 1. The molecule has 118 valence electrons. The maximum atomic E-state index is 12.0. The number of amides is 1. The van der Waals surface area contributed by atoms with E-state index in [9.17, 15) is 13.2 Å². The van der Waals surface area contributed by atoms with Crippen LogP contribution in [0.4, 0.5) is 5.13 Å². The van der Waals surface area contributed by atoms with E-state index in [1.54, 1.807) is 12.1 Å². The number of nitrogens with one attached hydrogen (secondary N) is 1. The summed E-state index contributed by atoms with van der Waals surface area (Å²) in [5, 5.41) is 11.8. The summed E-state index contributed by atoms with van der Waals surface area (Å²) in [6.07, 6.45) is 1.34. The number of benzene rings is 1. The second-order valence-corrected chi connectivity index (χ2v) is 7.73. The summed E-state index contributed by atoms with van der Waals surface area (Å²) in [5.74, 6) is 0.0122. The normalized spacial score (nSPS) is 12.7. The van der Waals surface area contributed by atoms with Crippen LogP contribution in [0.5, 0.6) is 5.75 Å². The van der Waals surface area contributed by atoms with Gasteiger partial charge in [-0.2, -0.15) is 0 Å². The van der Waals surface area contributed by atoms with Crippen LogP contribution in [-0.2, 0) is 9.84 Å². The van der Waals surface area contributed by atoms with E-state index in [1.807, 2.05) is 0 Å². The Bertz CT molecular complexity index is 766. The number of hydrogen-bond acceptors (Lipinski definition) is 7. The van der Waals surface area contributed by atoms with E-state index in [4.69, 9.17) is 9.84 Å². The van der Waals surface area contributed by atoms with Gasteiger partial charge in [0.05, 0.1) is 6.20 Å². The van der Waals surface area contributed by atoms with Crippen LogP contribution >= 0.6 is 11.3 Å². The summed E-state index contributed by atoms with van der Waals surface area (Å²) in [4.78, 5) is 15.9. The van der Waals surface area contributed by atoms with Gasteiger partial charge in [0, 0.05) is 11.8 Å². The number of anilines is 1. The van der Waals surface area contributed by atoms with Crippen LogP contribution in [0.15, 0.2) is 34.7 Å². The zero-order chi connectivity index (χ0) is 16.3. The SMILES string of the molecule is CC(O)Oc1ccc(C(=O)Nc2ncc(S(C)(=O)=O)s2)cc1. The van der Waals surface area contributed by atoms with Crippen molar-refractivity contribution < 1.29 is 23.1 Å². The van der Waals surface area contributed by atoms with E-state index < -0.39 is 22.0 Å². The lowest BCUT2D eigenvalue weighted by molar-refractivity contribution is -0.000292. The fraction of sp³-hybridized carbons (Fsp3) is 0.231. The number of sulfone groups is 1. The summed E-state index contributed by atoms with van der Waals surface area (Å²) < 4.78 is 27.8. The van der Waals surface area contributed by atoms with E-state index in [-0.39, 0.29) is 9.34 Å². The molecule has 1 atom stereocenters. The van der Waals surface area contributed by atoms with Crippen molar-refractivity contribution in [2.45, 2.75) is 17.4 Å². The van der Waals surface area contributed by atoms with Gasteiger partial charge in [0.15, 0.2) is 21.3 Å². The van der Waals surface area contributed by atoms with Crippen molar-refractivity contribution in [3.05, 3.63) is 36.0 Å². The highest BCUT2D eigenvalue weighted by Gasteiger charge is 2.14. The Morgan fingerprint density at radius 1 is 1.36 bits per heavy atom. The number of rotatable bonds is 5. The van der Waals surface area contributed by atoms with Crippen LogP contribution < -0.4 is 10.1 Å². The molecule has 1 aromatic carbocycles. The highest BCUT2D eigenvalue weighted by molar-refractivity contribution is 7.92. The molecular formula is C13H14N2O5S2. The standard InChI is InChI=1S/C13H14N2O5S2/c1-8(16)20-10-5-3-9(4-6-10)12(17)15-13-14-7-11(21-13)22(2,18)19/h3-8,16H,1-2H3,(H,14,15,17). The zero-order valence-electron chi connectivity index (χ0n) is 11.8. The van der Waals surface area contributed by atoms with Crippen LogP contribution in [0.3, 0.4) is 0 Å². The third-order valence-corrected chi connectivity index (χ3v) is 5.20. The average Bonchev–Trinajstić information content (AvgIpc) is 2.87. The van der Waals surface area contributed by atoms with Crippen molar-refractivity contribution >= 4 is 32.2 Å². The molecule has 0 aliphatic carbocycles. The number of aliphatic hydroxyl groups excluding tert-OH is 1. The van der Waals surface area contributed by atoms with Crippen LogP contribution in [0, 0.1) is 0 Å². The van der Waals surface area contributed by atoms with Crippen molar-refractivity contribution in [1.82, 2.24) is 4.98 Å². The molecule has 1 aromatic heterocycles. The third kappa shape index (κ3) is 4.26. The first-order valence-electron chi connectivity index (χ1n) is 6.18. The predicted octanol–water partition coefficient (Wildman–Crippen LogP) is 1.52. The number of aliphatic hydroxyl groups is 1. The van der Waals surface area contributed by atoms with Gasteiger partial charge in [-0.25, -0.2) is 13.4 Å². The minimum Gasteiger partial charge on any atom is -0.465 e. The molecule has 2 aromatic rings. The average molecular weight is 342 g/mol. The zero-order valence-corrected chi connectivity index (χ0v) is 13.4. The van der Waals surface area contributed by atoms with Crippen LogP contribution in [0.25, 0.3) is 0 Å². The van der Waals surface area contributed by atoms with Gasteiger partial charge in [-0.3, -0.25) is 10.1 Å². The molecule has 7 nitrogen and oxygen atoms in total. The van der Waals surface area contributed by atoms with Gasteiger partial charge in [-0.05, 0) is 31.2 Å². The Kier molecular flexibility index (Phi) is 4.79. The highest BCUT2D eigenvalue weighted by atomic mass is 32.2. The maximum Gasteiger partial charge on any atom is 0.257 e. The monoisotopic (exact) mass is 342 g/mol. The molecule has 1 amide bonds. The molecule has 9 heteroatoms. The molecule has 0 saturated carbocycles. The molecule has 0 saturated heterocycles. The quantitative estimate of drug-likeness (QED) is 0.798. The topological polar surface area (TPSA) is 106 Å². The molecule has 0 fully saturated rings. The lowest BCUT2D eigenvalue weighted by atomic mass is 10.2. The van der Waals surface area contributed by atoms with Crippen molar-refractivity contribution in [2.24, 2.45) is 0 Å². The molecule has 0 radical (unpaired) electrons. The first-order chi connectivity index (χ1) is 10.3. The van der Waals surface area contributed by atoms with Gasteiger partial charge in [0.2, 0.25) is 0 Å². The first kappa shape index (κ1) is 16.4. The van der Waals surface area contributed by atoms with Crippen LogP contribution in [-0.4, -0.2) is 37.0 Å². The lowest BCUT2D eigenvalue weighted by Crippen LogP contribution is -2.12. The Morgan fingerprint density at radius 3 is 2.50 bits per heavy atom. The molecule has 0 bridgehead atoms. The molecule has 22 heavy (non-hydrogen) atoms. The first-order valence-corrected chi connectivity index (χ1v) is 8.88. The van der Waals surface area contributed by atoms with Gasteiger partial charge in [-0.15, -0.1) is 0 Å². The molecule has 0 aliphatic rings. The highest BCUT2D eigenvalue weighted by Crippen LogP contribution is 2.23. The van der Waals surface area contributed by atoms with Crippen molar-refractivity contribution in [3.63, 3.8) is 0 Å². The van der Waals surface area contributed by atoms with Crippen molar-refractivity contribution in [3.8, 4) is 5.75 Å². The van der Waals surface area contributed by atoms with E-state index in [0.717, 1.165) is 17.6 Å². The molecule has 2 rings (SSSR count). The molecule has 1 unspecified atom stereocenters. The molecule has 0 spiro atoms. The Hall–Kier alpha value is -1.97. The molecule has 2 N–H and O–H groups in total. The molecule has 0 aliphatic heterocycles. The van der Waals surface area contributed by atoms with E-state index in [0.29, 0.717) is 11.3 Å². The van der Waals surface area contributed by atoms with Gasteiger partial charge in [-0.1, -0.05) is 11.3 Å². The summed E-state index contributed by atoms with van der Waals surface area (Å²) in [7, 11) is -3.34. The fourth-order valence-electron chi connectivity index (χ4n) is 1.54. The van der Waals surface area contributed by atoms with Gasteiger partial charge in [0.25, 0.3) is 5.91 Å². The maximum absolute atomic E-state index is 12.0. The number of carbonyl (C=O) groups is 1. The Labute approximate surface area is 131 Å². The Balaban J connectivity index is 2.07. The van der Waals surface area contributed by atoms with Gasteiger partial charge in [0.1, 0.15) is 9.96 Å². The number of carbonyl (C=O) groups excluding carboxylic acids is 1. The summed E-state index contributed by atoms with van der Waals surface area (Å²) >= 11 is 0.886. The summed E-state index contributed by atoms with van der Waals surface area (Å²) in [6, 6.07) is 6.15. The number of ether oxygens (including phenoxy) is 1. The summed E-state index contributed by atoms with van der Waals surface area (Å²) in [5.41, 5.74) is 0.356. The fourth-order valence-corrected chi connectivity index (χ4v) is 3.17. The van der Waals surface area contributed by atoms with Gasteiger partial charge >= 0.3 is 0 Å². The third-order valence-electron chi connectivity index (χ3n) is 2.49. The minimum absolute atomic E-state index is 0.0866.